The van der Waals surface area contributed by atoms with Gasteiger partial charge in [-0.2, -0.15) is 5.10 Å². The quantitative estimate of drug-likeness (QED) is 0.793. The van der Waals surface area contributed by atoms with Gasteiger partial charge in [0.2, 0.25) is 5.91 Å². The van der Waals surface area contributed by atoms with Gasteiger partial charge >= 0.3 is 0 Å². The fourth-order valence-electron chi connectivity index (χ4n) is 2.35. The highest BCUT2D eigenvalue weighted by molar-refractivity contribution is 5.76. The van der Waals surface area contributed by atoms with Crippen LogP contribution < -0.4 is 11.1 Å². The summed E-state index contributed by atoms with van der Waals surface area (Å²) in [5.74, 6) is 0.443. The zero-order valence-electron chi connectivity index (χ0n) is 10.8. The minimum Gasteiger partial charge on any atom is -0.382 e. The molecule has 100 valence electrons. The Morgan fingerprint density at radius 2 is 2.50 bits per heavy atom. The average Bonchev–Trinajstić information content (AvgIpc) is 2.74. The summed E-state index contributed by atoms with van der Waals surface area (Å²) >= 11 is 0. The van der Waals surface area contributed by atoms with Crippen LogP contribution in [0.2, 0.25) is 0 Å². The van der Waals surface area contributed by atoms with E-state index in [2.05, 4.69) is 22.2 Å². The Labute approximate surface area is 107 Å². The third kappa shape index (κ3) is 3.46. The number of rotatable bonds is 4. The Balaban J connectivity index is 1.80. The first kappa shape index (κ1) is 12.9. The van der Waals surface area contributed by atoms with Gasteiger partial charge in [0.1, 0.15) is 12.4 Å². The molecular formula is C12H21N5O. The van der Waals surface area contributed by atoms with Gasteiger partial charge in [0.25, 0.3) is 0 Å². The molecule has 1 aromatic rings. The third-order valence-corrected chi connectivity index (χ3v) is 3.28. The van der Waals surface area contributed by atoms with E-state index in [-0.39, 0.29) is 18.5 Å². The molecule has 2 heterocycles. The maximum atomic E-state index is 11.9. The Morgan fingerprint density at radius 1 is 1.67 bits per heavy atom. The van der Waals surface area contributed by atoms with E-state index >= 15 is 0 Å². The number of nitrogens with two attached hydrogens (primary N) is 1. The van der Waals surface area contributed by atoms with Crippen molar-refractivity contribution in [2.75, 3.05) is 25.4 Å². The lowest BCUT2D eigenvalue weighted by Crippen LogP contribution is -2.48. The lowest BCUT2D eigenvalue weighted by atomic mass is 10.1. The van der Waals surface area contributed by atoms with Crippen LogP contribution in [0, 0.1) is 0 Å². The van der Waals surface area contributed by atoms with E-state index in [1.165, 1.54) is 0 Å². The molecule has 1 amide bonds. The van der Waals surface area contributed by atoms with Crippen LogP contribution in [0.15, 0.2) is 12.3 Å². The normalized spacial score (nSPS) is 20.8. The molecule has 0 bridgehead atoms. The molecular weight excluding hydrogens is 230 g/mol. The second-order valence-corrected chi connectivity index (χ2v) is 4.74. The van der Waals surface area contributed by atoms with Crippen LogP contribution >= 0.6 is 0 Å². The van der Waals surface area contributed by atoms with E-state index in [1.54, 1.807) is 16.9 Å². The summed E-state index contributed by atoms with van der Waals surface area (Å²) in [5.41, 5.74) is 5.50. The van der Waals surface area contributed by atoms with Gasteiger partial charge in [0.05, 0.1) is 0 Å². The molecule has 2 rings (SSSR count). The average molecular weight is 251 g/mol. The molecule has 1 saturated heterocycles. The van der Waals surface area contributed by atoms with Crippen LogP contribution in [0.25, 0.3) is 0 Å². The van der Waals surface area contributed by atoms with Crippen molar-refractivity contribution in [3.63, 3.8) is 0 Å². The molecule has 1 aromatic heterocycles. The number of hydrogen-bond acceptors (Lipinski definition) is 4. The van der Waals surface area contributed by atoms with Gasteiger partial charge in [-0.05, 0) is 32.0 Å². The molecule has 0 radical (unpaired) electrons. The summed E-state index contributed by atoms with van der Waals surface area (Å²) < 4.78 is 1.56. The summed E-state index contributed by atoms with van der Waals surface area (Å²) in [7, 11) is 0. The van der Waals surface area contributed by atoms with Gasteiger partial charge in [-0.3, -0.25) is 9.48 Å². The summed E-state index contributed by atoms with van der Waals surface area (Å²) in [6.45, 7) is 5.51. The van der Waals surface area contributed by atoms with Crippen molar-refractivity contribution < 1.29 is 4.79 Å². The molecule has 0 aromatic carbocycles. The van der Waals surface area contributed by atoms with Gasteiger partial charge in [-0.15, -0.1) is 0 Å². The number of nitrogens with one attached hydrogen (secondary N) is 1. The number of carbonyl (C=O) groups excluding carboxylic acids is 1. The minimum absolute atomic E-state index is 0.000975. The molecule has 1 unspecified atom stereocenters. The third-order valence-electron chi connectivity index (χ3n) is 3.28. The molecule has 6 heteroatoms. The van der Waals surface area contributed by atoms with Crippen molar-refractivity contribution in [3.8, 4) is 0 Å². The SMILES string of the molecule is CCN1CCCC(NC(=O)Cn2ccc(N)n2)C1. The lowest BCUT2D eigenvalue weighted by Gasteiger charge is -2.32. The van der Waals surface area contributed by atoms with Crippen LogP contribution in [0.1, 0.15) is 19.8 Å². The van der Waals surface area contributed by atoms with Gasteiger partial charge in [0, 0.05) is 18.8 Å². The Hall–Kier alpha value is -1.56. The molecule has 0 spiro atoms. The lowest BCUT2D eigenvalue weighted by molar-refractivity contribution is -0.122. The van der Waals surface area contributed by atoms with E-state index in [1.807, 2.05) is 0 Å². The maximum absolute atomic E-state index is 11.9. The topological polar surface area (TPSA) is 76.2 Å². The fourth-order valence-corrected chi connectivity index (χ4v) is 2.35. The molecule has 1 aliphatic heterocycles. The summed E-state index contributed by atoms with van der Waals surface area (Å²) in [6.07, 6.45) is 3.92. The molecule has 1 fully saturated rings. The number of likely N-dealkylation sites (tertiary alicyclic amines) is 1. The Bertz CT molecular complexity index is 403. The number of carbonyl (C=O) groups is 1. The van der Waals surface area contributed by atoms with Crippen LogP contribution in [-0.2, 0) is 11.3 Å². The van der Waals surface area contributed by atoms with E-state index in [9.17, 15) is 4.79 Å². The Morgan fingerprint density at radius 3 is 3.17 bits per heavy atom. The van der Waals surface area contributed by atoms with Crippen molar-refractivity contribution in [1.82, 2.24) is 20.0 Å². The van der Waals surface area contributed by atoms with Crippen LogP contribution in [-0.4, -0.2) is 46.3 Å². The zero-order valence-corrected chi connectivity index (χ0v) is 10.8. The first-order valence-corrected chi connectivity index (χ1v) is 6.48. The first-order valence-electron chi connectivity index (χ1n) is 6.48. The van der Waals surface area contributed by atoms with Crippen LogP contribution in [0.5, 0.6) is 0 Å². The van der Waals surface area contributed by atoms with Gasteiger partial charge < -0.3 is 16.0 Å². The molecule has 3 N–H and O–H groups in total. The molecule has 6 nitrogen and oxygen atoms in total. The molecule has 1 aliphatic rings. The summed E-state index contributed by atoms with van der Waals surface area (Å²) in [6, 6.07) is 1.95. The number of aromatic nitrogens is 2. The number of nitrogen functional groups attached to an aromatic ring is 1. The van der Waals surface area contributed by atoms with E-state index in [0.29, 0.717) is 5.82 Å². The van der Waals surface area contributed by atoms with Crippen molar-refractivity contribution in [1.29, 1.82) is 0 Å². The van der Waals surface area contributed by atoms with Crippen molar-refractivity contribution in [2.24, 2.45) is 0 Å². The minimum atomic E-state index is 0.000975. The first-order chi connectivity index (χ1) is 8.67. The number of nitrogens with zero attached hydrogens (tertiary/aromatic N) is 3. The van der Waals surface area contributed by atoms with E-state index in [4.69, 9.17) is 5.73 Å². The van der Waals surface area contributed by atoms with Crippen molar-refractivity contribution >= 4 is 11.7 Å². The summed E-state index contributed by atoms with van der Waals surface area (Å²) in [4.78, 5) is 14.2. The van der Waals surface area contributed by atoms with Crippen molar-refractivity contribution in [3.05, 3.63) is 12.3 Å². The monoisotopic (exact) mass is 251 g/mol. The van der Waals surface area contributed by atoms with Gasteiger partial charge in [-0.25, -0.2) is 0 Å². The number of hydrogen-bond donors (Lipinski definition) is 2. The summed E-state index contributed by atoms with van der Waals surface area (Å²) in [5, 5.41) is 7.06. The van der Waals surface area contributed by atoms with Crippen LogP contribution in [0.4, 0.5) is 5.82 Å². The van der Waals surface area contributed by atoms with Crippen LogP contribution in [0.3, 0.4) is 0 Å². The highest BCUT2D eigenvalue weighted by Crippen LogP contribution is 2.09. The number of amides is 1. The van der Waals surface area contributed by atoms with Crippen molar-refractivity contribution in [2.45, 2.75) is 32.4 Å². The van der Waals surface area contributed by atoms with E-state index < -0.39 is 0 Å². The largest absolute Gasteiger partial charge is 0.382 e. The highest BCUT2D eigenvalue weighted by Gasteiger charge is 2.20. The molecule has 18 heavy (non-hydrogen) atoms. The molecule has 1 atom stereocenters. The fraction of sp³-hybridized carbons (Fsp3) is 0.667. The highest BCUT2D eigenvalue weighted by atomic mass is 16.2. The Kier molecular flexibility index (Phi) is 4.19. The second-order valence-electron chi connectivity index (χ2n) is 4.74. The van der Waals surface area contributed by atoms with Gasteiger partial charge in [-0.1, -0.05) is 6.92 Å². The molecule has 0 aliphatic carbocycles. The zero-order chi connectivity index (χ0) is 13.0. The number of anilines is 1. The predicted octanol–water partition coefficient (Wildman–Crippen LogP) is 0.0658. The maximum Gasteiger partial charge on any atom is 0.241 e. The van der Waals surface area contributed by atoms with E-state index in [0.717, 1.165) is 32.5 Å². The smallest absolute Gasteiger partial charge is 0.241 e. The standard InChI is InChI=1S/C12H21N5O/c1-2-16-6-3-4-10(8-16)14-12(18)9-17-7-5-11(13)15-17/h5,7,10H,2-4,6,8-9H2,1H3,(H2,13,15)(H,14,18). The predicted molar refractivity (Wildman–Crippen MR) is 69.9 cm³/mol. The molecule has 0 saturated carbocycles. The van der Waals surface area contributed by atoms with Gasteiger partial charge in [0.15, 0.2) is 0 Å². The number of piperidine rings is 1. The second kappa shape index (κ2) is 5.86. The number of likely N-dealkylation sites (N-methyl/N-ethyl adjacent to an activating group) is 1.